The van der Waals surface area contributed by atoms with Crippen LogP contribution in [-0.2, 0) is 24.3 Å². The van der Waals surface area contributed by atoms with E-state index in [4.69, 9.17) is 16.3 Å². The fourth-order valence-corrected chi connectivity index (χ4v) is 5.57. The maximum Gasteiger partial charge on any atom is 0.295 e. The molecule has 2 heterocycles. The van der Waals surface area contributed by atoms with Crippen LogP contribution in [0.2, 0.25) is 5.02 Å². The monoisotopic (exact) mass is 547 g/mol. The number of hydrogen-bond donors (Lipinski definition) is 1. The molecule has 1 atom stereocenters. The van der Waals surface area contributed by atoms with Gasteiger partial charge in [0.05, 0.1) is 29.7 Å². The molecule has 0 unspecified atom stereocenters. The molecule has 2 aliphatic heterocycles. The van der Waals surface area contributed by atoms with Crippen molar-refractivity contribution < 1.29 is 27.9 Å². The molecule has 0 saturated carbocycles. The Morgan fingerprint density at radius 3 is 2.24 bits per heavy atom. The number of ether oxygens (including phenoxy) is 1. The van der Waals surface area contributed by atoms with E-state index in [1.54, 1.807) is 24.3 Å². The van der Waals surface area contributed by atoms with Gasteiger partial charge < -0.3 is 14.7 Å². The van der Waals surface area contributed by atoms with E-state index < -0.39 is 27.8 Å². The number of benzene rings is 2. The fraction of sp³-hybridized carbons (Fsp3) is 0.385. The normalized spacial score (nSPS) is 20.6. The van der Waals surface area contributed by atoms with Gasteiger partial charge in [0.1, 0.15) is 5.76 Å². The summed E-state index contributed by atoms with van der Waals surface area (Å²) in [6.07, 6.45) is 0.647. The fourth-order valence-electron chi connectivity index (χ4n) is 4.54. The first-order valence-corrected chi connectivity index (χ1v) is 13.8. The number of nitrogens with zero attached hydrogens (tertiary/aromatic N) is 3. The average molecular weight is 548 g/mol. The van der Waals surface area contributed by atoms with Gasteiger partial charge in [0.25, 0.3) is 11.7 Å². The number of ketones is 1. The zero-order chi connectivity index (χ0) is 26.7. The minimum absolute atomic E-state index is 0.0399. The van der Waals surface area contributed by atoms with E-state index in [2.05, 4.69) is 4.90 Å². The first-order chi connectivity index (χ1) is 17.6. The topological polar surface area (TPSA) is 107 Å². The number of carbonyl (C=O) groups excluding carboxylic acids is 2. The summed E-state index contributed by atoms with van der Waals surface area (Å²) in [4.78, 5) is 30.1. The molecule has 4 rings (SSSR count). The van der Waals surface area contributed by atoms with Gasteiger partial charge >= 0.3 is 0 Å². The molecule has 1 amide bonds. The third kappa shape index (κ3) is 5.73. The first kappa shape index (κ1) is 27.3. The summed E-state index contributed by atoms with van der Waals surface area (Å²) in [7, 11) is -0.809. The van der Waals surface area contributed by atoms with Crippen LogP contribution in [0.5, 0.6) is 0 Å². The van der Waals surface area contributed by atoms with Crippen LogP contribution < -0.4 is 0 Å². The molecule has 0 aliphatic carbocycles. The molecule has 1 N–H and O–H groups in total. The Labute approximate surface area is 221 Å². The second-order valence-corrected chi connectivity index (χ2v) is 11.8. The summed E-state index contributed by atoms with van der Waals surface area (Å²) >= 11 is 6.07. The summed E-state index contributed by atoms with van der Waals surface area (Å²) in [6, 6.07) is 11.6. The number of aliphatic hydroxyl groups excluding tert-OH is 1. The Hall–Kier alpha value is -2.76. The standard InChI is InChI=1S/C26H30ClN3O6S/c1-28(2)37(34,35)21-10-6-19(7-11-21)24(31)22-23(18-4-8-20(27)9-5-18)30(26(33)25(22)32)13-3-12-29-14-16-36-17-15-29/h4-11,23,31H,3,12-17H2,1-2H3/b24-22+/t23-/m1/s1. The van der Waals surface area contributed by atoms with E-state index in [0.717, 1.165) is 23.9 Å². The molecule has 2 saturated heterocycles. The number of morpholine rings is 1. The number of amides is 1. The highest BCUT2D eigenvalue weighted by Crippen LogP contribution is 2.40. The van der Waals surface area contributed by atoms with E-state index in [-0.39, 0.29) is 21.8 Å². The van der Waals surface area contributed by atoms with Gasteiger partial charge in [-0.05, 0) is 48.4 Å². The second-order valence-electron chi connectivity index (χ2n) is 9.16. The first-order valence-electron chi connectivity index (χ1n) is 12.0. The second kappa shape index (κ2) is 11.3. The van der Waals surface area contributed by atoms with Crippen molar-refractivity contribution >= 4 is 39.1 Å². The highest BCUT2D eigenvalue weighted by atomic mass is 35.5. The van der Waals surface area contributed by atoms with Gasteiger partial charge in [-0.2, -0.15) is 0 Å². The van der Waals surface area contributed by atoms with Crippen molar-refractivity contribution in [2.45, 2.75) is 17.4 Å². The van der Waals surface area contributed by atoms with Gasteiger partial charge in [-0.1, -0.05) is 23.7 Å². The molecule has 2 aliphatic rings. The summed E-state index contributed by atoms with van der Waals surface area (Å²) in [5.41, 5.74) is 0.841. The Bertz CT molecular complexity index is 1290. The molecule has 198 valence electrons. The van der Waals surface area contributed by atoms with Crippen molar-refractivity contribution in [3.8, 4) is 0 Å². The molecule has 0 aromatic heterocycles. The molecule has 37 heavy (non-hydrogen) atoms. The van der Waals surface area contributed by atoms with Crippen LogP contribution in [-0.4, -0.2) is 92.8 Å². The minimum Gasteiger partial charge on any atom is -0.507 e. The lowest BCUT2D eigenvalue weighted by molar-refractivity contribution is -0.140. The predicted molar refractivity (Wildman–Crippen MR) is 140 cm³/mol. The molecule has 2 aromatic rings. The van der Waals surface area contributed by atoms with Crippen molar-refractivity contribution in [2.24, 2.45) is 0 Å². The third-order valence-electron chi connectivity index (χ3n) is 6.61. The van der Waals surface area contributed by atoms with Crippen LogP contribution >= 0.6 is 11.6 Å². The lowest BCUT2D eigenvalue weighted by Crippen LogP contribution is -2.38. The van der Waals surface area contributed by atoms with Gasteiger partial charge in [-0.3, -0.25) is 14.5 Å². The number of likely N-dealkylation sites (tertiary alicyclic amines) is 1. The SMILES string of the molecule is CN(C)S(=O)(=O)c1ccc(/C(O)=C2\C(=O)C(=O)N(CCCN3CCOCC3)[C@@H]2c2ccc(Cl)cc2)cc1. The largest absolute Gasteiger partial charge is 0.507 e. The number of aliphatic hydroxyl groups is 1. The highest BCUT2D eigenvalue weighted by Gasteiger charge is 2.45. The Morgan fingerprint density at radius 1 is 1.03 bits per heavy atom. The summed E-state index contributed by atoms with van der Waals surface area (Å²) in [5.74, 6) is -1.83. The molecule has 9 nitrogen and oxygen atoms in total. The highest BCUT2D eigenvalue weighted by molar-refractivity contribution is 7.89. The van der Waals surface area contributed by atoms with Crippen LogP contribution in [0.15, 0.2) is 59.0 Å². The van der Waals surface area contributed by atoms with Gasteiger partial charge in [0, 0.05) is 50.9 Å². The van der Waals surface area contributed by atoms with Gasteiger partial charge in [-0.15, -0.1) is 0 Å². The van der Waals surface area contributed by atoms with Crippen molar-refractivity contribution in [1.82, 2.24) is 14.1 Å². The number of sulfonamides is 1. The van der Waals surface area contributed by atoms with Crippen molar-refractivity contribution in [3.63, 3.8) is 0 Å². The molecule has 2 fully saturated rings. The van der Waals surface area contributed by atoms with Crippen molar-refractivity contribution in [2.75, 3.05) is 53.5 Å². The quantitative estimate of drug-likeness (QED) is 0.307. The van der Waals surface area contributed by atoms with Crippen LogP contribution in [0.3, 0.4) is 0 Å². The summed E-state index contributed by atoms with van der Waals surface area (Å²) < 4.78 is 31.3. The number of carbonyl (C=O) groups is 2. The zero-order valence-corrected chi connectivity index (χ0v) is 22.3. The lowest BCUT2D eigenvalue weighted by atomic mass is 9.95. The number of Topliss-reactive ketones (excluding diaryl/α,β-unsaturated/α-hetero) is 1. The smallest absolute Gasteiger partial charge is 0.295 e. The van der Waals surface area contributed by atoms with Crippen LogP contribution in [0, 0.1) is 0 Å². The molecule has 0 spiro atoms. The average Bonchev–Trinajstić information content (AvgIpc) is 3.14. The van der Waals surface area contributed by atoms with Crippen LogP contribution in [0.25, 0.3) is 5.76 Å². The minimum atomic E-state index is -3.66. The number of halogens is 1. The Morgan fingerprint density at radius 2 is 1.65 bits per heavy atom. The van der Waals surface area contributed by atoms with E-state index in [1.807, 2.05) is 0 Å². The van der Waals surface area contributed by atoms with Crippen LogP contribution in [0.4, 0.5) is 0 Å². The maximum atomic E-state index is 13.2. The molecular formula is C26H30ClN3O6S. The zero-order valence-electron chi connectivity index (χ0n) is 20.8. The third-order valence-corrected chi connectivity index (χ3v) is 8.69. The van der Waals surface area contributed by atoms with Crippen LogP contribution in [0.1, 0.15) is 23.6 Å². The van der Waals surface area contributed by atoms with Gasteiger partial charge in [-0.25, -0.2) is 12.7 Å². The van der Waals surface area contributed by atoms with Crippen molar-refractivity contribution in [3.05, 3.63) is 70.3 Å². The van der Waals surface area contributed by atoms with Gasteiger partial charge in [0.2, 0.25) is 10.0 Å². The molecule has 11 heteroatoms. The summed E-state index contributed by atoms with van der Waals surface area (Å²) in [6.45, 7) is 4.05. The predicted octanol–water partition coefficient (Wildman–Crippen LogP) is 2.73. The molecule has 0 radical (unpaired) electrons. The summed E-state index contributed by atoms with van der Waals surface area (Å²) in [5, 5.41) is 11.7. The molecule has 2 aromatic carbocycles. The molecule has 0 bridgehead atoms. The number of hydrogen-bond acceptors (Lipinski definition) is 7. The van der Waals surface area contributed by atoms with Crippen molar-refractivity contribution in [1.29, 1.82) is 0 Å². The van der Waals surface area contributed by atoms with Gasteiger partial charge in [0.15, 0.2) is 0 Å². The Kier molecular flexibility index (Phi) is 8.35. The van der Waals surface area contributed by atoms with E-state index >= 15 is 0 Å². The van der Waals surface area contributed by atoms with E-state index in [0.29, 0.717) is 36.8 Å². The maximum absolute atomic E-state index is 13.2. The van der Waals surface area contributed by atoms with E-state index in [1.165, 1.54) is 43.3 Å². The van der Waals surface area contributed by atoms with E-state index in [9.17, 15) is 23.1 Å². The Balaban J connectivity index is 1.68. The lowest BCUT2D eigenvalue weighted by Gasteiger charge is -2.29. The number of rotatable bonds is 8. The molecular weight excluding hydrogens is 518 g/mol.